The van der Waals surface area contributed by atoms with Gasteiger partial charge in [-0.2, -0.15) is 11.8 Å². The van der Waals surface area contributed by atoms with Crippen molar-refractivity contribution in [1.29, 1.82) is 0 Å². The number of pyridine rings is 1. The molecule has 1 aromatic heterocycles. The van der Waals surface area contributed by atoms with Gasteiger partial charge in [-0.05, 0) is 43.0 Å². The van der Waals surface area contributed by atoms with Crippen molar-refractivity contribution in [3.8, 4) is 0 Å². The summed E-state index contributed by atoms with van der Waals surface area (Å²) in [5, 5.41) is 6.28. The number of fused-ring (bicyclic) bond motifs is 1. The Kier molecular flexibility index (Phi) is 3.99. The minimum Gasteiger partial charge on any atom is -0.309 e. The second-order valence-electron chi connectivity index (χ2n) is 5.71. The average molecular weight is 286 g/mol. The van der Waals surface area contributed by atoms with E-state index in [0.29, 0.717) is 6.04 Å². The van der Waals surface area contributed by atoms with Gasteiger partial charge in [0.2, 0.25) is 0 Å². The summed E-state index contributed by atoms with van der Waals surface area (Å²) in [5.74, 6) is 1.27. The van der Waals surface area contributed by atoms with Crippen LogP contribution in [0.4, 0.5) is 0 Å². The van der Waals surface area contributed by atoms with Gasteiger partial charge in [-0.15, -0.1) is 0 Å². The molecule has 2 heterocycles. The van der Waals surface area contributed by atoms with Crippen LogP contribution in [0.15, 0.2) is 36.7 Å². The highest BCUT2D eigenvalue weighted by Crippen LogP contribution is 2.47. The molecule has 3 rings (SSSR count). The predicted octanol–water partition coefficient (Wildman–Crippen LogP) is 4.17. The molecule has 2 unspecified atom stereocenters. The molecule has 20 heavy (non-hydrogen) atoms. The molecule has 3 heteroatoms. The van der Waals surface area contributed by atoms with Gasteiger partial charge < -0.3 is 5.32 Å². The van der Waals surface area contributed by atoms with Crippen LogP contribution in [-0.2, 0) is 0 Å². The zero-order chi connectivity index (χ0) is 14.0. The molecule has 1 saturated heterocycles. The molecular formula is C17H22N2S. The van der Waals surface area contributed by atoms with Crippen molar-refractivity contribution >= 4 is 22.5 Å². The summed E-state index contributed by atoms with van der Waals surface area (Å²) in [6, 6.07) is 8.96. The highest BCUT2D eigenvalue weighted by Gasteiger charge is 2.39. The second-order valence-corrected chi connectivity index (χ2v) is 7.33. The molecule has 1 N–H and O–H groups in total. The van der Waals surface area contributed by atoms with Crippen LogP contribution in [0.5, 0.6) is 0 Å². The summed E-state index contributed by atoms with van der Waals surface area (Å²) < 4.78 is 0.280. The van der Waals surface area contributed by atoms with E-state index in [1.165, 1.54) is 34.9 Å². The molecule has 0 aliphatic carbocycles. The maximum Gasteiger partial charge on any atom is 0.0488 e. The first-order valence-corrected chi connectivity index (χ1v) is 8.43. The van der Waals surface area contributed by atoms with Crippen molar-refractivity contribution in [2.75, 3.05) is 12.3 Å². The molecule has 1 aliphatic heterocycles. The zero-order valence-corrected chi connectivity index (χ0v) is 13.0. The zero-order valence-electron chi connectivity index (χ0n) is 12.2. The van der Waals surface area contributed by atoms with Crippen molar-refractivity contribution in [3.05, 3.63) is 42.2 Å². The van der Waals surface area contributed by atoms with E-state index in [4.69, 9.17) is 0 Å². The van der Waals surface area contributed by atoms with Gasteiger partial charge in [0.05, 0.1) is 0 Å². The maximum absolute atomic E-state index is 4.47. The van der Waals surface area contributed by atoms with Crippen LogP contribution in [0, 0.1) is 0 Å². The molecule has 2 atom stereocenters. The van der Waals surface area contributed by atoms with E-state index in [-0.39, 0.29) is 4.75 Å². The lowest BCUT2D eigenvalue weighted by molar-refractivity contribution is 0.423. The first-order chi connectivity index (χ1) is 9.74. The van der Waals surface area contributed by atoms with Crippen LogP contribution in [0.2, 0.25) is 0 Å². The van der Waals surface area contributed by atoms with Gasteiger partial charge in [-0.25, -0.2) is 0 Å². The molecule has 1 aromatic carbocycles. The summed E-state index contributed by atoms with van der Waals surface area (Å²) in [7, 11) is 0. The largest absolute Gasteiger partial charge is 0.309 e. The van der Waals surface area contributed by atoms with Crippen LogP contribution in [0.25, 0.3) is 10.8 Å². The van der Waals surface area contributed by atoms with Gasteiger partial charge >= 0.3 is 0 Å². The molecule has 1 aliphatic rings. The van der Waals surface area contributed by atoms with E-state index in [9.17, 15) is 0 Å². The van der Waals surface area contributed by atoms with Gasteiger partial charge in [-0.3, -0.25) is 4.98 Å². The standard InChI is InChI=1S/C17H22N2S/c1-3-19-16(17(2)9-6-10-20-17)15-12-18-11-13-7-4-5-8-14(13)15/h4-5,7-8,11-12,16,19H,3,6,9-10H2,1-2H3. The third-order valence-electron chi connectivity index (χ3n) is 4.28. The molecule has 0 bridgehead atoms. The van der Waals surface area contributed by atoms with E-state index < -0.39 is 0 Å². The summed E-state index contributed by atoms with van der Waals surface area (Å²) in [6.07, 6.45) is 6.62. The summed E-state index contributed by atoms with van der Waals surface area (Å²) >= 11 is 2.11. The minimum absolute atomic E-state index is 0.280. The van der Waals surface area contributed by atoms with Gasteiger partial charge in [-0.1, -0.05) is 31.2 Å². The highest BCUT2D eigenvalue weighted by atomic mass is 32.2. The maximum atomic E-state index is 4.47. The van der Waals surface area contributed by atoms with Crippen molar-refractivity contribution in [2.45, 2.75) is 37.5 Å². The van der Waals surface area contributed by atoms with Crippen LogP contribution in [-0.4, -0.2) is 22.0 Å². The fraction of sp³-hybridized carbons (Fsp3) is 0.471. The van der Waals surface area contributed by atoms with Crippen LogP contribution < -0.4 is 5.32 Å². The average Bonchev–Trinajstić information content (AvgIpc) is 2.92. The van der Waals surface area contributed by atoms with E-state index in [1.54, 1.807) is 0 Å². The van der Waals surface area contributed by atoms with Gasteiger partial charge in [0.15, 0.2) is 0 Å². The Bertz CT molecular complexity index is 585. The topological polar surface area (TPSA) is 24.9 Å². The summed E-state index contributed by atoms with van der Waals surface area (Å²) in [5.41, 5.74) is 1.35. The molecule has 2 nitrogen and oxygen atoms in total. The van der Waals surface area contributed by atoms with Crippen molar-refractivity contribution in [3.63, 3.8) is 0 Å². The molecule has 0 saturated carbocycles. The van der Waals surface area contributed by atoms with E-state index in [1.807, 2.05) is 6.20 Å². The number of thioether (sulfide) groups is 1. The number of aromatic nitrogens is 1. The number of hydrogen-bond acceptors (Lipinski definition) is 3. The van der Waals surface area contributed by atoms with Crippen LogP contribution in [0.1, 0.15) is 38.3 Å². The fourth-order valence-corrected chi connectivity index (χ4v) is 4.68. The third kappa shape index (κ3) is 2.45. The first-order valence-electron chi connectivity index (χ1n) is 7.44. The lowest BCUT2D eigenvalue weighted by Crippen LogP contribution is -2.37. The fourth-order valence-electron chi connectivity index (χ4n) is 3.26. The Balaban J connectivity index is 2.09. The Morgan fingerprint density at radius 1 is 1.35 bits per heavy atom. The summed E-state index contributed by atoms with van der Waals surface area (Å²) in [6.45, 7) is 5.58. The van der Waals surface area contributed by atoms with E-state index >= 15 is 0 Å². The molecule has 0 radical (unpaired) electrons. The van der Waals surface area contributed by atoms with Gasteiger partial charge in [0, 0.05) is 28.6 Å². The molecular weight excluding hydrogens is 264 g/mol. The molecule has 106 valence electrons. The van der Waals surface area contributed by atoms with Gasteiger partial charge in [0.1, 0.15) is 0 Å². The van der Waals surface area contributed by atoms with Crippen molar-refractivity contribution < 1.29 is 0 Å². The number of benzene rings is 1. The normalized spacial score (nSPS) is 24.1. The lowest BCUT2D eigenvalue weighted by atomic mass is 9.88. The van der Waals surface area contributed by atoms with Gasteiger partial charge in [0.25, 0.3) is 0 Å². The van der Waals surface area contributed by atoms with Crippen molar-refractivity contribution in [2.24, 2.45) is 0 Å². The third-order valence-corrected chi connectivity index (χ3v) is 5.87. The predicted molar refractivity (Wildman–Crippen MR) is 88.3 cm³/mol. The Morgan fingerprint density at radius 2 is 2.20 bits per heavy atom. The lowest BCUT2D eigenvalue weighted by Gasteiger charge is -2.34. The molecule has 0 spiro atoms. The number of rotatable bonds is 4. The highest BCUT2D eigenvalue weighted by molar-refractivity contribution is 8.00. The van der Waals surface area contributed by atoms with Crippen molar-refractivity contribution in [1.82, 2.24) is 10.3 Å². The van der Waals surface area contributed by atoms with Crippen LogP contribution in [0.3, 0.4) is 0 Å². The second kappa shape index (κ2) is 5.74. The SMILES string of the molecule is CCNC(c1cncc2ccccc12)C1(C)CCCS1. The Hall–Kier alpha value is -1.06. The minimum atomic E-state index is 0.280. The smallest absolute Gasteiger partial charge is 0.0488 e. The number of nitrogens with one attached hydrogen (secondary N) is 1. The quantitative estimate of drug-likeness (QED) is 0.913. The summed E-state index contributed by atoms with van der Waals surface area (Å²) in [4.78, 5) is 4.47. The first kappa shape index (κ1) is 13.9. The molecule has 1 fully saturated rings. The van der Waals surface area contributed by atoms with E-state index in [2.05, 4.69) is 66.4 Å². The molecule has 2 aromatic rings. The Labute approximate surface area is 125 Å². The number of hydrogen-bond donors (Lipinski definition) is 1. The molecule has 0 amide bonds. The monoisotopic (exact) mass is 286 g/mol. The van der Waals surface area contributed by atoms with Crippen LogP contribution >= 0.6 is 11.8 Å². The number of nitrogens with zero attached hydrogens (tertiary/aromatic N) is 1. The Morgan fingerprint density at radius 3 is 2.95 bits per heavy atom. The van der Waals surface area contributed by atoms with E-state index in [0.717, 1.165) is 6.54 Å².